The maximum absolute atomic E-state index is 13.3. The molecular formula is C18H18FeO6. The molecule has 25 heavy (non-hydrogen) atoms. The number of ketones is 2. The van der Waals surface area contributed by atoms with Crippen LogP contribution < -0.4 is 0 Å². The molecule has 2 N–H and O–H groups in total. The Morgan fingerprint density at radius 2 is 0.960 bits per heavy atom. The van der Waals surface area contributed by atoms with Crippen molar-refractivity contribution < 1.29 is 35.9 Å². The molecule has 10 rings (SSSR count). The summed E-state index contributed by atoms with van der Waals surface area (Å²) in [6.07, 6.45) is 0.163. The van der Waals surface area contributed by atoms with Gasteiger partial charge >= 0.3 is 132 Å². The summed E-state index contributed by atoms with van der Waals surface area (Å²) in [6.45, 7) is -4.21. The zero-order valence-corrected chi connectivity index (χ0v) is 14.4. The number of rotatable bonds is 8. The van der Waals surface area contributed by atoms with Crippen molar-refractivity contribution in [3.05, 3.63) is 0 Å². The van der Waals surface area contributed by atoms with Crippen LogP contribution in [0, 0.1) is 0 Å². The number of carboxylic acid groups (broad SMARTS) is 2. The minimum absolute atomic E-state index is 0.0770. The van der Waals surface area contributed by atoms with E-state index in [1.807, 2.05) is 0 Å². The molecule has 0 saturated carbocycles. The first-order chi connectivity index (χ1) is 11.6. The molecule has 8 atom stereocenters. The zero-order valence-electron chi connectivity index (χ0n) is 13.3. The summed E-state index contributed by atoms with van der Waals surface area (Å²) in [7, 11) is 0. The normalized spacial score (nSPS) is 87.2. The van der Waals surface area contributed by atoms with Gasteiger partial charge in [0.1, 0.15) is 0 Å². The minimum atomic E-state index is -4.21. The van der Waals surface area contributed by atoms with Crippen LogP contribution >= 0.6 is 0 Å². The first kappa shape index (κ1) is 11.5. The number of hydrogen-bond donors (Lipinski definition) is 2. The van der Waals surface area contributed by atoms with Gasteiger partial charge in [0.15, 0.2) is 0 Å². The molecule has 134 valence electrons. The first-order valence-electron chi connectivity index (χ1n) is 9.32. The van der Waals surface area contributed by atoms with Crippen LogP contribution in [0.25, 0.3) is 0 Å². The Balaban J connectivity index is 1.21. The number of carbonyl (C=O) groups excluding carboxylic acids is 2. The molecule has 1 spiro atoms. The van der Waals surface area contributed by atoms with Crippen LogP contribution in [0.3, 0.4) is 0 Å². The average Bonchev–Trinajstić information content (AvgIpc) is 3.50. The van der Waals surface area contributed by atoms with Gasteiger partial charge < -0.3 is 0 Å². The van der Waals surface area contributed by atoms with Gasteiger partial charge in [-0.05, 0) is 0 Å². The van der Waals surface area contributed by atoms with Crippen molar-refractivity contribution in [2.45, 2.75) is 72.8 Å². The van der Waals surface area contributed by atoms with Gasteiger partial charge in [-0.2, -0.15) is 0 Å². The fraction of sp³-hybridized carbons (Fsp3) is 0.778. The number of aliphatic carboxylic acids is 2. The molecule has 6 nitrogen and oxygen atoms in total. The fourth-order valence-electron chi connectivity index (χ4n) is 18.9. The number of carbonyl (C=O) groups is 4. The van der Waals surface area contributed by atoms with Crippen molar-refractivity contribution in [3.8, 4) is 0 Å². The SMILES string of the molecule is O=C(O)CCC(=O)[C]12[CH]3[CH]4[CH]5[CH]1[Fe]45321678[CH]2[CH]1[CH]6[C]7(C(=O)CCC(=O)O)[CH]28. The van der Waals surface area contributed by atoms with E-state index in [-0.39, 0.29) is 45.9 Å². The van der Waals surface area contributed by atoms with Crippen LogP contribution in [0.5, 0.6) is 0 Å². The summed E-state index contributed by atoms with van der Waals surface area (Å²) in [5.74, 6) is -1.36. The molecule has 0 amide bonds. The molecule has 0 aliphatic carbocycles. The monoisotopic (exact) mass is 386 g/mol. The van der Waals surface area contributed by atoms with Crippen LogP contribution in [0.15, 0.2) is 0 Å². The van der Waals surface area contributed by atoms with Gasteiger partial charge in [-0.1, -0.05) is 0 Å². The molecular weight excluding hydrogens is 368 g/mol. The van der Waals surface area contributed by atoms with E-state index in [2.05, 4.69) is 0 Å². The Hall–Kier alpha value is -1.20. The van der Waals surface area contributed by atoms with Crippen LogP contribution in [0.2, 0.25) is 47.2 Å². The van der Waals surface area contributed by atoms with Gasteiger partial charge in [0.25, 0.3) is 0 Å². The van der Waals surface area contributed by atoms with Gasteiger partial charge in [-0.25, -0.2) is 0 Å². The molecule has 10 aliphatic rings. The zero-order chi connectivity index (χ0) is 17.1. The molecule has 0 aromatic heterocycles. The Morgan fingerprint density at radius 1 is 0.640 bits per heavy atom. The second-order valence-electron chi connectivity index (χ2n) is 12.4. The van der Waals surface area contributed by atoms with E-state index in [1.165, 1.54) is 0 Å². The molecule has 10 heterocycles. The van der Waals surface area contributed by atoms with Crippen molar-refractivity contribution in [2.75, 3.05) is 0 Å². The number of hydrogen-bond acceptors (Lipinski definition) is 4. The summed E-state index contributed by atoms with van der Waals surface area (Å²) < 4.78 is -0.300. The summed E-state index contributed by atoms with van der Waals surface area (Å²) in [5.41, 5.74) is 0. The van der Waals surface area contributed by atoms with E-state index >= 15 is 0 Å². The van der Waals surface area contributed by atoms with Crippen molar-refractivity contribution in [1.29, 1.82) is 0 Å². The van der Waals surface area contributed by atoms with E-state index in [9.17, 15) is 19.2 Å². The van der Waals surface area contributed by atoms with Crippen molar-refractivity contribution >= 4 is 23.5 Å². The number of fused-ring (bicyclic) bond motifs is 10. The molecule has 8 unspecified atom stereocenters. The predicted octanol–water partition coefficient (Wildman–Crippen LogP) is 2.98. The molecule has 10 saturated heterocycles. The average molecular weight is 386 g/mol. The van der Waals surface area contributed by atoms with E-state index in [0.717, 1.165) is 19.3 Å². The van der Waals surface area contributed by atoms with Gasteiger partial charge in [0, 0.05) is 0 Å². The van der Waals surface area contributed by atoms with Crippen molar-refractivity contribution in [1.82, 2.24) is 0 Å². The van der Waals surface area contributed by atoms with Crippen molar-refractivity contribution in [2.24, 2.45) is 0 Å². The van der Waals surface area contributed by atoms with E-state index in [1.54, 1.807) is 0 Å². The van der Waals surface area contributed by atoms with Gasteiger partial charge in [0.2, 0.25) is 0 Å². The Bertz CT molecular complexity index is 1250. The van der Waals surface area contributed by atoms with Gasteiger partial charge in [-0.3, -0.25) is 0 Å². The standard InChI is InChI=1S/2C9H9O3.Fe/c2*10-8(5-6-9(11)12)7-3-1-2-4-7;/h2*1-4H,5-6H2,(H,11,12);. The summed E-state index contributed by atoms with van der Waals surface area (Å²) in [6, 6.07) is 0. The molecule has 0 bridgehead atoms. The third kappa shape index (κ3) is 0.162. The summed E-state index contributed by atoms with van der Waals surface area (Å²) in [4.78, 5) is 53.8. The van der Waals surface area contributed by atoms with Crippen LogP contribution in [-0.4, -0.2) is 33.7 Å². The topological polar surface area (TPSA) is 109 Å². The summed E-state index contributed by atoms with van der Waals surface area (Å²) >= 11 is 0. The van der Waals surface area contributed by atoms with Gasteiger partial charge in [0.05, 0.1) is 0 Å². The maximum atomic E-state index is 13.3. The number of carboxylic acids is 2. The van der Waals surface area contributed by atoms with Crippen LogP contribution in [-0.2, 0) is 25.7 Å². The number of Topliss-reactive ketones (excluding diaryl/α,β-unsaturated/α-hetero) is 2. The van der Waals surface area contributed by atoms with E-state index in [4.69, 9.17) is 10.2 Å². The Kier molecular flexibility index (Phi) is 0.543. The Morgan fingerprint density at radius 3 is 1.20 bits per heavy atom. The molecule has 0 radical (unpaired) electrons. The van der Waals surface area contributed by atoms with E-state index < -0.39 is 18.4 Å². The third-order valence-electron chi connectivity index (χ3n) is 16.8. The van der Waals surface area contributed by atoms with Gasteiger partial charge in [-0.15, -0.1) is 0 Å². The predicted molar refractivity (Wildman–Crippen MR) is 79.1 cm³/mol. The fourth-order valence-corrected chi connectivity index (χ4v) is 95.0. The van der Waals surface area contributed by atoms with Crippen molar-refractivity contribution in [3.63, 3.8) is 0 Å². The van der Waals surface area contributed by atoms with Crippen LogP contribution in [0.4, 0.5) is 0 Å². The molecule has 0 aromatic rings. The quantitative estimate of drug-likeness (QED) is 0.621. The Labute approximate surface area is 132 Å². The van der Waals surface area contributed by atoms with E-state index in [0.29, 0.717) is 19.3 Å². The third-order valence-corrected chi connectivity index (χ3v) is 59.6. The molecule has 7 heteroatoms. The second-order valence-corrected chi connectivity index (χ2v) is 35.6. The van der Waals surface area contributed by atoms with Crippen LogP contribution in [0.1, 0.15) is 25.7 Å². The molecule has 10 aliphatic heterocycles. The molecule has 10 fully saturated rings. The second kappa shape index (κ2) is 1.18. The first-order valence-corrected chi connectivity index (χ1v) is 15.5. The summed E-state index contributed by atoms with van der Waals surface area (Å²) in [5, 5.41) is 18.0. The molecule has 0 aromatic carbocycles.